The first-order valence-corrected chi connectivity index (χ1v) is 12.3. The van der Waals surface area contributed by atoms with Gasteiger partial charge < -0.3 is 10.2 Å². The van der Waals surface area contributed by atoms with Gasteiger partial charge in [0, 0.05) is 28.9 Å². The molecule has 2 amide bonds. The van der Waals surface area contributed by atoms with Gasteiger partial charge in [-0.15, -0.1) is 11.8 Å². The van der Waals surface area contributed by atoms with E-state index in [0.29, 0.717) is 16.6 Å². The van der Waals surface area contributed by atoms with Gasteiger partial charge in [0.05, 0.1) is 5.75 Å². The van der Waals surface area contributed by atoms with Crippen molar-refractivity contribution in [2.45, 2.75) is 52.5 Å². The van der Waals surface area contributed by atoms with Crippen LogP contribution in [0.15, 0.2) is 36.4 Å². The minimum absolute atomic E-state index is 0.0976. The highest BCUT2D eigenvalue weighted by Crippen LogP contribution is 2.24. The Morgan fingerprint density at radius 2 is 1.77 bits per heavy atom. The Labute approximate surface area is 199 Å². The molecule has 31 heavy (non-hydrogen) atoms. The maximum absolute atomic E-state index is 13.1. The lowest BCUT2D eigenvalue weighted by Gasteiger charge is -2.29. The van der Waals surface area contributed by atoms with Gasteiger partial charge in [0.15, 0.2) is 0 Å². The average Bonchev–Trinajstić information content (AvgIpc) is 2.70. The predicted molar refractivity (Wildman–Crippen MR) is 132 cm³/mol. The topological polar surface area (TPSA) is 49.4 Å². The highest BCUT2D eigenvalue weighted by Gasteiger charge is 2.26. The van der Waals surface area contributed by atoms with Gasteiger partial charge in [-0.05, 0) is 50.5 Å². The van der Waals surface area contributed by atoms with Gasteiger partial charge in [0.2, 0.25) is 11.8 Å². The third kappa shape index (κ3) is 8.06. The van der Waals surface area contributed by atoms with E-state index in [0.717, 1.165) is 17.7 Å². The molecule has 168 valence electrons. The Morgan fingerprint density at radius 1 is 1.10 bits per heavy atom. The van der Waals surface area contributed by atoms with E-state index in [2.05, 4.69) is 37.4 Å². The molecule has 1 atom stereocenters. The zero-order valence-corrected chi connectivity index (χ0v) is 20.8. The monoisotopic (exact) mass is 480 g/mol. The van der Waals surface area contributed by atoms with Gasteiger partial charge >= 0.3 is 0 Å². The minimum atomic E-state index is -0.604. The van der Waals surface area contributed by atoms with Crippen LogP contribution in [0.4, 0.5) is 0 Å². The fourth-order valence-corrected chi connectivity index (χ4v) is 4.62. The zero-order valence-electron chi connectivity index (χ0n) is 18.5. The van der Waals surface area contributed by atoms with Crippen LogP contribution in [-0.4, -0.2) is 35.1 Å². The van der Waals surface area contributed by atoms with Crippen LogP contribution in [0.3, 0.4) is 0 Å². The van der Waals surface area contributed by atoms with Crippen LogP contribution < -0.4 is 5.32 Å². The van der Waals surface area contributed by atoms with Gasteiger partial charge in [-0.2, -0.15) is 0 Å². The van der Waals surface area contributed by atoms with Crippen molar-refractivity contribution < 1.29 is 9.59 Å². The average molecular weight is 481 g/mol. The summed E-state index contributed by atoms with van der Waals surface area (Å²) in [5.41, 5.74) is 4.37. The SMILES string of the molecule is CCCNC(=O)C(C)N(Cc1ccc(Cl)cc1Cl)C(=O)CSCc1cc(C)cc(C)c1. The summed E-state index contributed by atoms with van der Waals surface area (Å²) in [4.78, 5) is 27.3. The summed E-state index contributed by atoms with van der Waals surface area (Å²) in [6, 6.07) is 11.0. The Bertz CT molecular complexity index is 900. The molecule has 0 bridgehead atoms. The summed E-state index contributed by atoms with van der Waals surface area (Å²) in [6.45, 7) is 8.71. The molecule has 0 radical (unpaired) electrons. The third-order valence-corrected chi connectivity index (χ3v) is 6.42. The summed E-state index contributed by atoms with van der Waals surface area (Å²) in [5.74, 6) is 0.753. The van der Waals surface area contributed by atoms with E-state index in [4.69, 9.17) is 23.2 Å². The molecule has 0 aliphatic rings. The van der Waals surface area contributed by atoms with E-state index >= 15 is 0 Å². The van der Waals surface area contributed by atoms with E-state index in [9.17, 15) is 9.59 Å². The van der Waals surface area contributed by atoms with Crippen molar-refractivity contribution in [1.29, 1.82) is 0 Å². The first-order chi connectivity index (χ1) is 14.7. The highest BCUT2D eigenvalue weighted by molar-refractivity contribution is 7.99. The maximum Gasteiger partial charge on any atom is 0.242 e. The van der Waals surface area contributed by atoms with Crippen LogP contribution >= 0.6 is 35.0 Å². The number of nitrogens with zero attached hydrogens (tertiary/aromatic N) is 1. The Morgan fingerprint density at radius 3 is 2.39 bits per heavy atom. The number of nitrogens with one attached hydrogen (secondary N) is 1. The number of benzene rings is 2. The minimum Gasteiger partial charge on any atom is -0.354 e. The number of hydrogen-bond donors (Lipinski definition) is 1. The number of amides is 2. The molecule has 0 heterocycles. The molecule has 0 saturated heterocycles. The molecule has 7 heteroatoms. The summed E-state index contributed by atoms with van der Waals surface area (Å²) < 4.78 is 0. The Hall–Kier alpha value is -1.69. The van der Waals surface area contributed by atoms with Gasteiger partial charge in [0.1, 0.15) is 6.04 Å². The van der Waals surface area contributed by atoms with Crippen molar-refractivity contribution >= 4 is 46.8 Å². The van der Waals surface area contributed by atoms with E-state index in [-0.39, 0.29) is 24.1 Å². The van der Waals surface area contributed by atoms with Crippen LogP contribution in [0.1, 0.15) is 42.5 Å². The second kappa shape index (κ2) is 12.4. The molecule has 2 aromatic rings. The molecule has 0 aliphatic heterocycles. The fraction of sp³-hybridized carbons (Fsp3) is 0.417. The first-order valence-electron chi connectivity index (χ1n) is 10.4. The summed E-state index contributed by atoms with van der Waals surface area (Å²) in [7, 11) is 0. The lowest BCUT2D eigenvalue weighted by molar-refractivity contribution is -0.138. The smallest absolute Gasteiger partial charge is 0.242 e. The van der Waals surface area contributed by atoms with Crippen molar-refractivity contribution in [2.75, 3.05) is 12.3 Å². The molecule has 2 rings (SSSR count). The largest absolute Gasteiger partial charge is 0.354 e. The summed E-state index contributed by atoms with van der Waals surface area (Å²) >= 11 is 13.9. The molecule has 1 N–H and O–H groups in total. The van der Waals surface area contributed by atoms with E-state index in [1.807, 2.05) is 6.92 Å². The van der Waals surface area contributed by atoms with E-state index in [1.54, 1.807) is 41.8 Å². The summed E-state index contributed by atoms with van der Waals surface area (Å²) in [6.07, 6.45) is 0.835. The molecule has 0 spiro atoms. The highest BCUT2D eigenvalue weighted by atomic mass is 35.5. The van der Waals surface area contributed by atoms with Crippen LogP contribution in [0.5, 0.6) is 0 Å². The van der Waals surface area contributed by atoms with E-state index in [1.165, 1.54) is 16.7 Å². The van der Waals surface area contributed by atoms with Crippen LogP contribution in [0.2, 0.25) is 10.0 Å². The molecule has 0 aliphatic carbocycles. The third-order valence-electron chi connectivity index (χ3n) is 4.85. The number of halogens is 2. The normalized spacial score (nSPS) is 11.8. The quantitative estimate of drug-likeness (QED) is 0.468. The Balaban J connectivity index is 2.11. The van der Waals surface area contributed by atoms with Crippen molar-refractivity contribution in [3.63, 3.8) is 0 Å². The Kier molecular flexibility index (Phi) is 10.2. The summed E-state index contributed by atoms with van der Waals surface area (Å²) in [5, 5.41) is 3.89. The number of carbonyl (C=O) groups is 2. The molecular weight excluding hydrogens is 451 g/mol. The van der Waals surface area contributed by atoms with Crippen LogP contribution in [0.25, 0.3) is 0 Å². The van der Waals surface area contributed by atoms with Crippen LogP contribution in [-0.2, 0) is 21.9 Å². The standard InChI is InChI=1S/C24H30Cl2N2O2S/c1-5-8-27-24(30)18(4)28(13-20-6-7-21(25)12-22(20)26)23(29)15-31-14-19-10-16(2)9-17(3)11-19/h6-7,9-12,18H,5,8,13-15H2,1-4H3,(H,27,30). The van der Waals surface area contributed by atoms with Gasteiger partial charge in [-0.25, -0.2) is 0 Å². The van der Waals surface area contributed by atoms with Gasteiger partial charge in [-0.3, -0.25) is 9.59 Å². The molecule has 0 fully saturated rings. The number of rotatable bonds is 10. The number of aryl methyl sites for hydroxylation is 2. The fourth-order valence-electron chi connectivity index (χ4n) is 3.30. The molecule has 4 nitrogen and oxygen atoms in total. The van der Waals surface area contributed by atoms with Crippen molar-refractivity contribution in [3.05, 3.63) is 68.7 Å². The predicted octanol–water partition coefficient (Wildman–Crippen LogP) is 5.79. The number of carbonyl (C=O) groups excluding carboxylic acids is 2. The lowest BCUT2D eigenvalue weighted by Crippen LogP contribution is -2.48. The second-order valence-electron chi connectivity index (χ2n) is 7.71. The second-order valence-corrected chi connectivity index (χ2v) is 9.54. The van der Waals surface area contributed by atoms with Crippen molar-refractivity contribution in [1.82, 2.24) is 10.2 Å². The van der Waals surface area contributed by atoms with E-state index < -0.39 is 6.04 Å². The van der Waals surface area contributed by atoms with Gasteiger partial charge in [-0.1, -0.05) is 65.5 Å². The number of hydrogen-bond acceptors (Lipinski definition) is 3. The first kappa shape index (κ1) is 25.6. The molecule has 1 unspecified atom stereocenters. The molecule has 2 aromatic carbocycles. The van der Waals surface area contributed by atoms with Crippen molar-refractivity contribution in [2.24, 2.45) is 0 Å². The van der Waals surface area contributed by atoms with Crippen LogP contribution in [0, 0.1) is 13.8 Å². The molecule has 0 saturated carbocycles. The van der Waals surface area contributed by atoms with Crippen molar-refractivity contribution in [3.8, 4) is 0 Å². The zero-order chi connectivity index (χ0) is 23.0. The molecule has 0 aromatic heterocycles. The lowest BCUT2D eigenvalue weighted by atomic mass is 10.1. The number of thioether (sulfide) groups is 1. The van der Waals surface area contributed by atoms with Gasteiger partial charge in [0.25, 0.3) is 0 Å². The maximum atomic E-state index is 13.1. The molecular formula is C24H30Cl2N2O2S.